The number of carboxylic acid groups (broad SMARTS) is 1. The van der Waals surface area contributed by atoms with E-state index in [1.807, 2.05) is 0 Å². The standard InChI is InChI=1S/C10H13NO3S/c1-7(12)6-8(10(13)14)15-9-4-2-3-5-11-9/h2-5,7-8,12H,6H2,1H3,(H,13,14)/t7-,8+/m0/s1. The van der Waals surface area contributed by atoms with E-state index in [-0.39, 0.29) is 6.42 Å². The van der Waals surface area contributed by atoms with Crippen LogP contribution < -0.4 is 0 Å². The Morgan fingerprint density at radius 2 is 2.33 bits per heavy atom. The highest BCUT2D eigenvalue weighted by molar-refractivity contribution is 8.00. The number of thioether (sulfide) groups is 1. The maximum atomic E-state index is 10.9. The van der Waals surface area contributed by atoms with Crippen molar-refractivity contribution in [2.45, 2.75) is 29.7 Å². The number of hydrogen-bond acceptors (Lipinski definition) is 4. The lowest BCUT2D eigenvalue weighted by molar-refractivity contribution is -0.136. The van der Waals surface area contributed by atoms with Crippen LogP contribution in [0, 0.1) is 0 Å². The lowest BCUT2D eigenvalue weighted by atomic mass is 10.2. The van der Waals surface area contributed by atoms with Gasteiger partial charge in [0.05, 0.1) is 11.1 Å². The maximum absolute atomic E-state index is 10.9. The van der Waals surface area contributed by atoms with Crippen LogP contribution in [0.4, 0.5) is 0 Å². The van der Waals surface area contributed by atoms with E-state index in [0.717, 1.165) is 11.8 Å². The molecule has 0 saturated carbocycles. The smallest absolute Gasteiger partial charge is 0.317 e. The number of carbonyl (C=O) groups is 1. The van der Waals surface area contributed by atoms with Gasteiger partial charge >= 0.3 is 5.97 Å². The van der Waals surface area contributed by atoms with E-state index >= 15 is 0 Å². The summed E-state index contributed by atoms with van der Waals surface area (Å²) in [6.45, 7) is 1.58. The third-order valence-electron chi connectivity index (χ3n) is 1.73. The Labute approximate surface area is 92.3 Å². The van der Waals surface area contributed by atoms with Gasteiger partial charge in [-0.05, 0) is 25.5 Å². The minimum atomic E-state index is -0.924. The summed E-state index contributed by atoms with van der Waals surface area (Å²) in [5.41, 5.74) is 0. The van der Waals surface area contributed by atoms with E-state index in [1.54, 1.807) is 31.3 Å². The van der Waals surface area contributed by atoms with Crippen LogP contribution in [0.3, 0.4) is 0 Å². The number of aromatic nitrogens is 1. The van der Waals surface area contributed by atoms with Crippen molar-refractivity contribution in [1.29, 1.82) is 0 Å². The first-order chi connectivity index (χ1) is 7.09. The largest absolute Gasteiger partial charge is 0.480 e. The molecule has 2 N–H and O–H groups in total. The molecule has 0 unspecified atom stereocenters. The predicted molar refractivity (Wildman–Crippen MR) is 57.8 cm³/mol. The Kier molecular flexibility index (Phi) is 4.58. The second kappa shape index (κ2) is 5.72. The molecule has 0 aromatic carbocycles. The van der Waals surface area contributed by atoms with E-state index in [4.69, 9.17) is 10.2 Å². The highest BCUT2D eigenvalue weighted by atomic mass is 32.2. The van der Waals surface area contributed by atoms with Crippen molar-refractivity contribution in [3.63, 3.8) is 0 Å². The minimum absolute atomic E-state index is 0.219. The molecule has 1 aromatic heterocycles. The average Bonchev–Trinajstić information content (AvgIpc) is 2.17. The SMILES string of the molecule is C[C@H](O)C[C@@H](Sc1ccccn1)C(=O)O. The summed E-state index contributed by atoms with van der Waals surface area (Å²) in [6.07, 6.45) is 1.21. The van der Waals surface area contributed by atoms with Gasteiger partial charge in [0.15, 0.2) is 0 Å². The number of pyridine rings is 1. The fourth-order valence-electron chi connectivity index (χ4n) is 1.07. The van der Waals surface area contributed by atoms with Crippen molar-refractivity contribution < 1.29 is 15.0 Å². The van der Waals surface area contributed by atoms with Crippen molar-refractivity contribution in [1.82, 2.24) is 4.98 Å². The molecule has 1 rings (SSSR count). The van der Waals surface area contributed by atoms with E-state index in [1.165, 1.54) is 0 Å². The highest BCUT2D eigenvalue weighted by Gasteiger charge is 2.21. The van der Waals surface area contributed by atoms with E-state index in [9.17, 15) is 4.79 Å². The van der Waals surface area contributed by atoms with Gasteiger partial charge in [0, 0.05) is 6.20 Å². The van der Waals surface area contributed by atoms with E-state index < -0.39 is 17.3 Å². The molecule has 4 nitrogen and oxygen atoms in total. The van der Waals surface area contributed by atoms with Crippen LogP contribution in [0.25, 0.3) is 0 Å². The van der Waals surface area contributed by atoms with Crippen molar-refractivity contribution >= 4 is 17.7 Å². The normalized spacial score (nSPS) is 14.5. The summed E-state index contributed by atoms with van der Waals surface area (Å²) in [5.74, 6) is -0.924. The summed E-state index contributed by atoms with van der Waals surface area (Å²) < 4.78 is 0. The van der Waals surface area contributed by atoms with Crippen molar-refractivity contribution in [3.05, 3.63) is 24.4 Å². The van der Waals surface area contributed by atoms with Gasteiger partial charge in [-0.25, -0.2) is 4.98 Å². The predicted octanol–water partition coefficient (Wildman–Crippen LogP) is 1.40. The van der Waals surface area contributed by atoms with Crippen LogP contribution in [-0.4, -0.2) is 32.5 Å². The molecule has 1 aromatic rings. The summed E-state index contributed by atoms with van der Waals surface area (Å²) >= 11 is 1.15. The summed E-state index contributed by atoms with van der Waals surface area (Å²) in [5, 5.41) is 18.1. The molecular formula is C10H13NO3S. The number of hydrogen-bond donors (Lipinski definition) is 2. The van der Waals surface area contributed by atoms with E-state index in [0.29, 0.717) is 5.03 Å². The van der Waals surface area contributed by atoms with Crippen LogP contribution in [0.5, 0.6) is 0 Å². The van der Waals surface area contributed by atoms with Gasteiger partial charge in [-0.1, -0.05) is 17.8 Å². The van der Waals surface area contributed by atoms with E-state index in [2.05, 4.69) is 4.98 Å². The van der Waals surface area contributed by atoms with Crippen LogP contribution in [0.15, 0.2) is 29.4 Å². The molecule has 0 spiro atoms. The monoisotopic (exact) mass is 227 g/mol. The Hall–Kier alpha value is -1.07. The molecule has 0 aliphatic carbocycles. The average molecular weight is 227 g/mol. The topological polar surface area (TPSA) is 70.4 Å². The first-order valence-electron chi connectivity index (χ1n) is 4.58. The lowest BCUT2D eigenvalue weighted by Gasteiger charge is -2.12. The Morgan fingerprint density at radius 3 is 2.80 bits per heavy atom. The molecular weight excluding hydrogens is 214 g/mol. The zero-order valence-corrected chi connectivity index (χ0v) is 9.15. The molecule has 0 amide bonds. The van der Waals surface area contributed by atoms with Crippen LogP contribution in [-0.2, 0) is 4.79 Å². The van der Waals surface area contributed by atoms with Gasteiger partial charge in [-0.2, -0.15) is 0 Å². The molecule has 82 valence electrons. The Balaban J connectivity index is 2.63. The van der Waals surface area contributed by atoms with Gasteiger partial charge < -0.3 is 10.2 Å². The molecule has 5 heteroatoms. The molecule has 0 radical (unpaired) electrons. The number of aliphatic hydroxyl groups is 1. The Bertz CT molecular complexity index is 316. The van der Waals surface area contributed by atoms with Gasteiger partial charge in [-0.3, -0.25) is 4.79 Å². The zero-order chi connectivity index (χ0) is 11.3. The number of aliphatic hydroxyl groups excluding tert-OH is 1. The van der Waals surface area contributed by atoms with Crippen LogP contribution >= 0.6 is 11.8 Å². The molecule has 2 atom stereocenters. The molecule has 15 heavy (non-hydrogen) atoms. The third-order valence-corrected chi connectivity index (χ3v) is 2.89. The fourth-order valence-corrected chi connectivity index (χ4v) is 2.12. The number of carboxylic acids is 1. The minimum Gasteiger partial charge on any atom is -0.480 e. The fraction of sp³-hybridized carbons (Fsp3) is 0.400. The van der Waals surface area contributed by atoms with Crippen molar-refractivity contribution in [2.24, 2.45) is 0 Å². The molecule has 0 bridgehead atoms. The van der Waals surface area contributed by atoms with Crippen LogP contribution in [0.2, 0.25) is 0 Å². The quantitative estimate of drug-likeness (QED) is 0.744. The first-order valence-corrected chi connectivity index (χ1v) is 5.46. The van der Waals surface area contributed by atoms with Gasteiger partial charge in [0.1, 0.15) is 5.25 Å². The second-order valence-electron chi connectivity index (χ2n) is 3.20. The van der Waals surface area contributed by atoms with Gasteiger partial charge in [0.2, 0.25) is 0 Å². The maximum Gasteiger partial charge on any atom is 0.317 e. The molecule has 0 aliphatic rings. The number of rotatable bonds is 5. The second-order valence-corrected chi connectivity index (χ2v) is 4.42. The third kappa shape index (κ3) is 4.31. The number of aliphatic carboxylic acids is 1. The van der Waals surface area contributed by atoms with Gasteiger partial charge in [-0.15, -0.1) is 0 Å². The highest BCUT2D eigenvalue weighted by Crippen LogP contribution is 2.24. The number of nitrogens with zero attached hydrogens (tertiary/aromatic N) is 1. The lowest BCUT2D eigenvalue weighted by Crippen LogP contribution is -2.21. The first kappa shape index (κ1) is 12.0. The molecule has 0 saturated heterocycles. The van der Waals surface area contributed by atoms with Crippen LogP contribution in [0.1, 0.15) is 13.3 Å². The van der Waals surface area contributed by atoms with Crippen molar-refractivity contribution in [2.75, 3.05) is 0 Å². The Morgan fingerprint density at radius 1 is 1.60 bits per heavy atom. The molecule has 1 heterocycles. The zero-order valence-electron chi connectivity index (χ0n) is 8.33. The van der Waals surface area contributed by atoms with Gasteiger partial charge in [0.25, 0.3) is 0 Å². The summed E-state index contributed by atoms with van der Waals surface area (Å²) in [6, 6.07) is 5.33. The molecule has 0 fully saturated rings. The molecule has 0 aliphatic heterocycles. The summed E-state index contributed by atoms with van der Waals surface area (Å²) in [7, 11) is 0. The van der Waals surface area contributed by atoms with Crippen molar-refractivity contribution in [3.8, 4) is 0 Å². The summed E-state index contributed by atoms with van der Waals surface area (Å²) in [4.78, 5) is 14.9.